The molecule has 3 rings (SSSR count). The van der Waals surface area contributed by atoms with Gasteiger partial charge in [-0.25, -0.2) is 9.97 Å². The number of benzene rings is 2. The zero-order valence-electron chi connectivity index (χ0n) is 21.2. The Balaban J connectivity index is 2.03. The first-order valence-electron chi connectivity index (χ1n) is 11.2. The molecule has 3 aromatic rings. The molecule has 0 radical (unpaired) electrons. The second-order valence-corrected chi connectivity index (χ2v) is 8.25. The maximum absolute atomic E-state index is 13.0. The van der Waals surface area contributed by atoms with E-state index in [1.54, 1.807) is 39.7 Å². The van der Waals surface area contributed by atoms with Gasteiger partial charge in [0.25, 0.3) is 5.91 Å². The van der Waals surface area contributed by atoms with Crippen molar-refractivity contribution in [2.75, 3.05) is 60.5 Å². The highest BCUT2D eigenvalue weighted by molar-refractivity contribution is 5.98. The molecule has 1 heterocycles. The minimum atomic E-state index is -0.224. The molecule has 2 aromatic carbocycles. The lowest BCUT2D eigenvalue weighted by atomic mass is 10.1. The number of rotatable bonds is 11. The monoisotopic (exact) mass is 479 g/mol. The van der Waals surface area contributed by atoms with E-state index in [0.29, 0.717) is 53.1 Å². The maximum atomic E-state index is 13.0. The lowest BCUT2D eigenvalue weighted by Crippen LogP contribution is -2.33. The third kappa shape index (κ3) is 6.39. The van der Waals surface area contributed by atoms with Crippen LogP contribution in [-0.4, -0.2) is 76.3 Å². The highest BCUT2D eigenvalue weighted by atomic mass is 16.5. The van der Waals surface area contributed by atoms with Crippen LogP contribution in [0.3, 0.4) is 0 Å². The summed E-state index contributed by atoms with van der Waals surface area (Å²) in [6.07, 6.45) is 1.56. The van der Waals surface area contributed by atoms with Gasteiger partial charge >= 0.3 is 0 Å². The predicted octanol–water partition coefficient (Wildman–Crippen LogP) is 3.10. The molecule has 9 heteroatoms. The summed E-state index contributed by atoms with van der Waals surface area (Å²) in [7, 11) is 10.5. The number of likely N-dealkylation sites (N-methyl/N-ethyl adjacent to an activating group) is 1. The van der Waals surface area contributed by atoms with Crippen LogP contribution in [0.1, 0.15) is 15.9 Å². The Labute approximate surface area is 206 Å². The molecule has 0 aliphatic heterocycles. The van der Waals surface area contributed by atoms with Crippen molar-refractivity contribution in [1.29, 1.82) is 0 Å². The fourth-order valence-corrected chi connectivity index (χ4v) is 3.59. The summed E-state index contributed by atoms with van der Waals surface area (Å²) in [5.74, 6) is 2.21. The van der Waals surface area contributed by atoms with Crippen molar-refractivity contribution in [3.05, 3.63) is 59.8 Å². The van der Waals surface area contributed by atoms with E-state index in [9.17, 15) is 4.79 Å². The molecule has 0 atom stereocenters. The number of amides is 1. The number of carbonyl (C=O) groups excluding carboxylic acids is 1. The van der Waals surface area contributed by atoms with Crippen LogP contribution in [-0.2, 0) is 6.54 Å². The van der Waals surface area contributed by atoms with Gasteiger partial charge in [-0.2, -0.15) is 0 Å². The number of hydrogen-bond donors (Lipinski definition) is 1. The summed E-state index contributed by atoms with van der Waals surface area (Å²) in [6, 6.07) is 13.6. The topological polar surface area (TPSA) is 89.1 Å². The maximum Gasteiger partial charge on any atom is 0.256 e. The van der Waals surface area contributed by atoms with Gasteiger partial charge in [0.15, 0.2) is 17.3 Å². The first-order valence-corrected chi connectivity index (χ1v) is 11.2. The summed E-state index contributed by atoms with van der Waals surface area (Å²) in [4.78, 5) is 26.3. The van der Waals surface area contributed by atoms with Crippen LogP contribution in [0.4, 0.5) is 5.82 Å². The van der Waals surface area contributed by atoms with Crippen LogP contribution in [0.5, 0.6) is 17.2 Å². The SMILES string of the molecule is COc1cc(-c2ncc(C(=O)NCCN(C)C)c(N(C)Cc3ccccc3)n2)cc(OC)c1OC. The number of methoxy groups -OCH3 is 3. The molecule has 0 fully saturated rings. The first-order chi connectivity index (χ1) is 16.9. The Hall–Kier alpha value is -3.85. The number of aromatic nitrogens is 2. The Kier molecular flexibility index (Phi) is 8.86. The molecule has 186 valence electrons. The van der Waals surface area contributed by atoms with E-state index in [4.69, 9.17) is 19.2 Å². The minimum Gasteiger partial charge on any atom is -0.493 e. The van der Waals surface area contributed by atoms with Crippen LogP contribution in [0.2, 0.25) is 0 Å². The van der Waals surface area contributed by atoms with Crippen LogP contribution >= 0.6 is 0 Å². The van der Waals surface area contributed by atoms with Crippen LogP contribution in [0.15, 0.2) is 48.7 Å². The second-order valence-electron chi connectivity index (χ2n) is 8.25. The summed E-state index contributed by atoms with van der Waals surface area (Å²) in [6.45, 7) is 1.82. The van der Waals surface area contributed by atoms with E-state index >= 15 is 0 Å². The molecule has 0 saturated carbocycles. The van der Waals surface area contributed by atoms with E-state index in [2.05, 4.69) is 10.3 Å². The second kappa shape index (κ2) is 12.0. The average Bonchev–Trinajstić information content (AvgIpc) is 2.87. The van der Waals surface area contributed by atoms with E-state index in [1.807, 2.05) is 61.3 Å². The average molecular weight is 480 g/mol. The Morgan fingerprint density at radius 1 is 0.971 bits per heavy atom. The van der Waals surface area contributed by atoms with Gasteiger partial charge < -0.3 is 29.3 Å². The minimum absolute atomic E-state index is 0.224. The number of nitrogens with one attached hydrogen (secondary N) is 1. The Bertz CT molecular complexity index is 1110. The molecule has 0 aliphatic rings. The predicted molar refractivity (Wildman–Crippen MR) is 137 cm³/mol. The van der Waals surface area contributed by atoms with E-state index in [-0.39, 0.29) is 5.91 Å². The Morgan fingerprint density at radius 3 is 2.20 bits per heavy atom. The lowest BCUT2D eigenvalue weighted by Gasteiger charge is -2.22. The number of anilines is 1. The highest BCUT2D eigenvalue weighted by Gasteiger charge is 2.21. The molecule has 1 N–H and O–H groups in total. The van der Waals surface area contributed by atoms with Crippen LogP contribution in [0.25, 0.3) is 11.4 Å². The van der Waals surface area contributed by atoms with Crippen molar-refractivity contribution in [1.82, 2.24) is 20.2 Å². The zero-order chi connectivity index (χ0) is 25.4. The van der Waals surface area contributed by atoms with Crippen molar-refractivity contribution >= 4 is 11.7 Å². The van der Waals surface area contributed by atoms with Crippen molar-refractivity contribution in [3.63, 3.8) is 0 Å². The van der Waals surface area contributed by atoms with E-state index in [1.165, 1.54) is 0 Å². The number of nitrogens with zero attached hydrogens (tertiary/aromatic N) is 4. The van der Waals surface area contributed by atoms with Crippen molar-refractivity contribution in [2.45, 2.75) is 6.54 Å². The van der Waals surface area contributed by atoms with Crippen molar-refractivity contribution in [3.8, 4) is 28.6 Å². The zero-order valence-corrected chi connectivity index (χ0v) is 21.2. The standard InChI is InChI=1S/C26H33N5O4/c1-30(2)13-12-27-26(32)20-16-28-24(19-14-21(33-4)23(35-6)22(15-19)34-5)29-25(20)31(3)17-18-10-8-7-9-11-18/h7-11,14-16H,12-13,17H2,1-6H3,(H,27,32). The van der Waals surface area contributed by atoms with Gasteiger partial charge in [0, 0.05) is 38.4 Å². The summed E-state index contributed by atoms with van der Waals surface area (Å²) >= 11 is 0. The molecule has 0 bridgehead atoms. The summed E-state index contributed by atoms with van der Waals surface area (Å²) in [5.41, 5.74) is 2.17. The summed E-state index contributed by atoms with van der Waals surface area (Å²) < 4.78 is 16.4. The Morgan fingerprint density at radius 2 is 1.63 bits per heavy atom. The normalized spacial score (nSPS) is 10.7. The highest BCUT2D eigenvalue weighted by Crippen LogP contribution is 2.40. The largest absolute Gasteiger partial charge is 0.493 e. The molecule has 9 nitrogen and oxygen atoms in total. The van der Waals surface area contributed by atoms with Gasteiger partial charge in [0.1, 0.15) is 11.4 Å². The molecule has 1 aromatic heterocycles. The molecular formula is C26H33N5O4. The van der Waals surface area contributed by atoms with Gasteiger partial charge in [0.2, 0.25) is 5.75 Å². The lowest BCUT2D eigenvalue weighted by molar-refractivity contribution is 0.0951. The third-order valence-corrected chi connectivity index (χ3v) is 5.40. The quantitative estimate of drug-likeness (QED) is 0.449. The van der Waals surface area contributed by atoms with Gasteiger partial charge in [-0.05, 0) is 31.8 Å². The molecular weight excluding hydrogens is 446 g/mol. The van der Waals surface area contributed by atoms with Gasteiger partial charge in [0.05, 0.1) is 21.3 Å². The number of hydrogen-bond acceptors (Lipinski definition) is 8. The molecule has 0 spiro atoms. The van der Waals surface area contributed by atoms with Gasteiger partial charge in [-0.1, -0.05) is 30.3 Å². The summed E-state index contributed by atoms with van der Waals surface area (Å²) in [5, 5.41) is 2.96. The fraction of sp³-hybridized carbons (Fsp3) is 0.346. The van der Waals surface area contributed by atoms with Crippen LogP contribution in [0, 0.1) is 0 Å². The smallest absolute Gasteiger partial charge is 0.256 e. The molecule has 0 saturated heterocycles. The molecule has 0 unspecified atom stereocenters. The fourth-order valence-electron chi connectivity index (χ4n) is 3.59. The number of ether oxygens (including phenoxy) is 3. The van der Waals surface area contributed by atoms with E-state index in [0.717, 1.165) is 12.1 Å². The van der Waals surface area contributed by atoms with Crippen LogP contribution < -0.4 is 24.4 Å². The number of carbonyl (C=O) groups is 1. The molecule has 0 aliphatic carbocycles. The molecule has 35 heavy (non-hydrogen) atoms. The van der Waals surface area contributed by atoms with Gasteiger partial charge in [-0.3, -0.25) is 4.79 Å². The van der Waals surface area contributed by atoms with Gasteiger partial charge in [-0.15, -0.1) is 0 Å². The van der Waals surface area contributed by atoms with Crippen molar-refractivity contribution in [2.24, 2.45) is 0 Å². The first kappa shape index (κ1) is 25.8. The third-order valence-electron chi connectivity index (χ3n) is 5.40. The van der Waals surface area contributed by atoms with Crippen molar-refractivity contribution < 1.29 is 19.0 Å². The van der Waals surface area contributed by atoms with E-state index < -0.39 is 0 Å². The molecule has 1 amide bonds.